The summed E-state index contributed by atoms with van der Waals surface area (Å²) in [6, 6.07) is 6.30. The van der Waals surface area contributed by atoms with Crippen LogP contribution in [-0.2, 0) is 17.6 Å². The van der Waals surface area contributed by atoms with Crippen molar-refractivity contribution < 1.29 is 4.79 Å². The zero-order valence-corrected chi connectivity index (χ0v) is 12.7. The third-order valence-electron chi connectivity index (χ3n) is 4.23. The van der Waals surface area contributed by atoms with Crippen molar-refractivity contribution in [3.8, 4) is 0 Å². The Morgan fingerprint density at radius 1 is 1.25 bits per heavy atom. The smallest absolute Gasteiger partial charge is 0.224 e. The lowest BCUT2D eigenvalue weighted by Crippen LogP contribution is -2.20. The second-order valence-corrected chi connectivity index (χ2v) is 6.59. The molecular formula is C17H26N2O. The molecule has 0 spiro atoms. The number of anilines is 1. The maximum absolute atomic E-state index is 12.0. The molecule has 0 fully saturated rings. The van der Waals surface area contributed by atoms with Gasteiger partial charge < -0.3 is 11.1 Å². The Morgan fingerprint density at radius 3 is 2.75 bits per heavy atom. The Hall–Kier alpha value is -1.35. The first kappa shape index (κ1) is 15.0. The van der Waals surface area contributed by atoms with E-state index in [0.717, 1.165) is 24.9 Å². The molecule has 3 nitrogen and oxygen atoms in total. The lowest BCUT2D eigenvalue weighted by Gasteiger charge is -2.23. The largest absolute Gasteiger partial charge is 0.330 e. The number of aryl methyl sites for hydroxylation is 2. The normalized spacial score (nSPS) is 14.2. The number of rotatable bonds is 6. The Bertz CT molecular complexity index is 480. The molecule has 1 aliphatic rings. The maximum Gasteiger partial charge on any atom is 0.224 e. The Kier molecular flexibility index (Phi) is 4.81. The van der Waals surface area contributed by atoms with Gasteiger partial charge in [0.1, 0.15) is 0 Å². The van der Waals surface area contributed by atoms with Crippen LogP contribution in [0.3, 0.4) is 0 Å². The van der Waals surface area contributed by atoms with Crippen molar-refractivity contribution in [3.63, 3.8) is 0 Å². The van der Waals surface area contributed by atoms with Crippen LogP contribution in [0.5, 0.6) is 0 Å². The number of amides is 1. The molecule has 3 heteroatoms. The van der Waals surface area contributed by atoms with Gasteiger partial charge in [0.25, 0.3) is 0 Å². The average Bonchev–Trinajstić information content (AvgIpc) is 2.84. The molecule has 3 N–H and O–H groups in total. The van der Waals surface area contributed by atoms with Gasteiger partial charge in [0.15, 0.2) is 0 Å². The summed E-state index contributed by atoms with van der Waals surface area (Å²) in [6.45, 7) is 5.02. The topological polar surface area (TPSA) is 55.1 Å². The summed E-state index contributed by atoms with van der Waals surface area (Å²) >= 11 is 0. The maximum atomic E-state index is 12.0. The number of hydrogen-bond donors (Lipinski definition) is 2. The van der Waals surface area contributed by atoms with E-state index in [9.17, 15) is 4.79 Å². The fourth-order valence-electron chi connectivity index (χ4n) is 2.84. The van der Waals surface area contributed by atoms with Crippen LogP contribution >= 0.6 is 0 Å². The highest BCUT2D eigenvalue weighted by Crippen LogP contribution is 2.27. The van der Waals surface area contributed by atoms with Crippen LogP contribution < -0.4 is 11.1 Å². The van der Waals surface area contributed by atoms with Crippen molar-refractivity contribution in [1.82, 2.24) is 0 Å². The minimum atomic E-state index is 0.105. The van der Waals surface area contributed by atoms with Gasteiger partial charge in [-0.05, 0) is 67.3 Å². The molecule has 0 saturated carbocycles. The van der Waals surface area contributed by atoms with Crippen molar-refractivity contribution in [2.75, 3.05) is 11.9 Å². The summed E-state index contributed by atoms with van der Waals surface area (Å²) in [5.74, 6) is 0.105. The zero-order chi connectivity index (χ0) is 14.6. The summed E-state index contributed by atoms with van der Waals surface area (Å²) in [5, 5.41) is 3.02. The molecule has 1 aromatic carbocycles. The first-order chi connectivity index (χ1) is 9.50. The van der Waals surface area contributed by atoms with Crippen LogP contribution in [0.4, 0.5) is 5.69 Å². The number of carbonyl (C=O) groups is 1. The van der Waals surface area contributed by atoms with E-state index in [1.165, 1.54) is 24.0 Å². The van der Waals surface area contributed by atoms with Gasteiger partial charge >= 0.3 is 0 Å². The van der Waals surface area contributed by atoms with Gasteiger partial charge in [0.2, 0.25) is 5.91 Å². The first-order valence-electron chi connectivity index (χ1n) is 7.62. The molecule has 0 aliphatic heterocycles. The number of carbonyl (C=O) groups excluding carboxylic acids is 1. The van der Waals surface area contributed by atoms with E-state index in [4.69, 9.17) is 5.73 Å². The van der Waals surface area contributed by atoms with Crippen molar-refractivity contribution in [2.24, 2.45) is 11.1 Å². The van der Waals surface area contributed by atoms with Gasteiger partial charge in [-0.1, -0.05) is 19.9 Å². The predicted molar refractivity (Wildman–Crippen MR) is 83.8 cm³/mol. The lowest BCUT2D eigenvalue weighted by molar-refractivity contribution is -0.116. The van der Waals surface area contributed by atoms with Gasteiger partial charge in [-0.3, -0.25) is 4.79 Å². The van der Waals surface area contributed by atoms with E-state index in [1.54, 1.807) is 0 Å². The Balaban J connectivity index is 1.85. The van der Waals surface area contributed by atoms with Gasteiger partial charge in [0.05, 0.1) is 0 Å². The van der Waals surface area contributed by atoms with E-state index in [1.807, 2.05) is 6.07 Å². The fraction of sp³-hybridized carbons (Fsp3) is 0.588. The number of fused-ring (bicyclic) bond motifs is 1. The Morgan fingerprint density at radius 2 is 2.00 bits per heavy atom. The summed E-state index contributed by atoms with van der Waals surface area (Å²) in [5.41, 5.74) is 9.51. The molecule has 0 saturated heterocycles. The molecule has 0 atom stereocenters. The van der Waals surface area contributed by atoms with Gasteiger partial charge in [-0.25, -0.2) is 0 Å². The molecule has 0 unspecified atom stereocenters. The molecule has 0 radical (unpaired) electrons. The first-order valence-corrected chi connectivity index (χ1v) is 7.62. The molecule has 0 aromatic heterocycles. The van der Waals surface area contributed by atoms with E-state index < -0.39 is 0 Å². The van der Waals surface area contributed by atoms with Crippen LogP contribution in [0.1, 0.15) is 50.7 Å². The number of benzene rings is 1. The van der Waals surface area contributed by atoms with Crippen molar-refractivity contribution in [2.45, 2.75) is 52.4 Å². The van der Waals surface area contributed by atoms with Crippen molar-refractivity contribution in [3.05, 3.63) is 29.3 Å². The third-order valence-corrected chi connectivity index (χ3v) is 4.23. The fourth-order valence-corrected chi connectivity index (χ4v) is 2.84. The number of hydrogen-bond acceptors (Lipinski definition) is 2. The monoisotopic (exact) mass is 274 g/mol. The highest BCUT2D eigenvalue weighted by atomic mass is 16.1. The number of nitrogens with one attached hydrogen (secondary N) is 1. The van der Waals surface area contributed by atoms with Crippen LogP contribution in [0.2, 0.25) is 0 Å². The van der Waals surface area contributed by atoms with Gasteiger partial charge in [-0.2, -0.15) is 0 Å². The van der Waals surface area contributed by atoms with Crippen LogP contribution in [0.25, 0.3) is 0 Å². The molecular weight excluding hydrogens is 248 g/mol. The molecule has 1 aliphatic carbocycles. The standard InChI is InChI=1S/C17H26N2O/c1-17(2,10-11-18)9-8-16(20)19-15-7-6-13-4-3-5-14(13)12-15/h6-7,12H,3-5,8-11,18H2,1-2H3,(H,19,20). The van der Waals surface area contributed by atoms with Crippen molar-refractivity contribution in [1.29, 1.82) is 0 Å². The molecule has 20 heavy (non-hydrogen) atoms. The highest BCUT2D eigenvalue weighted by Gasteiger charge is 2.18. The molecule has 0 bridgehead atoms. The summed E-state index contributed by atoms with van der Waals surface area (Å²) in [7, 11) is 0. The predicted octanol–water partition coefficient (Wildman–Crippen LogP) is 3.27. The quantitative estimate of drug-likeness (QED) is 0.836. The minimum Gasteiger partial charge on any atom is -0.330 e. The summed E-state index contributed by atoms with van der Waals surface area (Å²) in [6.07, 6.45) is 5.95. The van der Waals surface area contributed by atoms with Crippen LogP contribution in [0.15, 0.2) is 18.2 Å². The molecule has 1 aromatic rings. The van der Waals surface area contributed by atoms with Crippen LogP contribution in [-0.4, -0.2) is 12.5 Å². The summed E-state index contributed by atoms with van der Waals surface area (Å²) in [4.78, 5) is 12.0. The minimum absolute atomic E-state index is 0.105. The molecule has 0 heterocycles. The van der Waals surface area contributed by atoms with Gasteiger partial charge in [0, 0.05) is 12.1 Å². The van der Waals surface area contributed by atoms with Crippen LogP contribution in [0, 0.1) is 5.41 Å². The average molecular weight is 274 g/mol. The zero-order valence-electron chi connectivity index (χ0n) is 12.7. The molecule has 2 rings (SSSR count). The van der Waals surface area contributed by atoms with E-state index in [0.29, 0.717) is 13.0 Å². The van der Waals surface area contributed by atoms with E-state index >= 15 is 0 Å². The second-order valence-electron chi connectivity index (χ2n) is 6.59. The molecule has 1 amide bonds. The SMILES string of the molecule is CC(C)(CCN)CCC(=O)Nc1ccc2c(c1)CCC2. The van der Waals surface area contributed by atoms with Crippen molar-refractivity contribution >= 4 is 11.6 Å². The number of nitrogens with two attached hydrogens (primary N) is 1. The second kappa shape index (κ2) is 6.40. The van der Waals surface area contributed by atoms with E-state index in [-0.39, 0.29) is 11.3 Å². The molecule has 110 valence electrons. The lowest BCUT2D eigenvalue weighted by atomic mass is 9.84. The van der Waals surface area contributed by atoms with Gasteiger partial charge in [-0.15, -0.1) is 0 Å². The third kappa shape index (κ3) is 4.07. The highest BCUT2D eigenvalue weighted by molar-refractivity contribution is 5.90. The summed E-state index contributed by atoms with van der Waals surface area (Å²) < 4.78 is 0. The van der Waals surface area contributed by atoms with E-state index in [2.05, 4.69) is 31.3 Å². The Labute approximate surface area is 121 Å².